The zero-order chi connectivity index (χ0) is 18.1. The van der Waals surface area contributed by atoms with E-state index in [4.69, 9.17) is 0 Å². The van der Waals surface area contributed by atoms with Gasteiger partial charge in [0, 0.05) is 25.4 Å². The molecule has 1 aromatic carbocycles. The summed E-state index contributed by atoms with van der Waals surface area (Å²) in [7, 11) is 0. The van der Waals surface area contributed by atoms with Crippen LogP contribution in [-0.2, 0) is 16.0 Å². The minimum atomic E-state index is -0.654. The Balaban J connectivity index is 1.65. The highest BCUT2D eigenvalue weighted by molar-refractivity contribution is 6.04. The van der Waals surface area contributed by atoms with Gasteiger partial charge in [-0.3, -0.25) is 14.9 Å². The molecule has 1 aromatic rings. The number of rotatable bonds is 3. The molecule has 2 unspecified atom stereocenters. The molecular weight excluding hydrogens is 325 g/mol. The lowest BCUT2D eigenvalue weighted by Gasteiger charge is -2.23. The minimum Gasteiger partial charge on any atom is -0.342 e. The average molecular weight is 347 g/mol. The Morgan fingerprint density at radius 2 is 2.12 bits per heavy atom. The first kappa shape index (κ1) is 17.4. The van der Waals surface area contributed by atoms with Crippen LogP contribution >= 0.6 is 0 Å². The molecule has 1 fully saturated rings. The maximum atomic E-state index is 14.5. The van der Waals surface area contributed by atoms with Crippen LogP contribution in [-0.4, -0.2) is 41.9 Å². The number of aryl methyl sites for hydroxylation is 1. The van der Waals surface area contributed by atoms with Crippen molar-refractivity contribution in [2.45, 2.75) is 45.1 Å². The summed E-state index contributed by atoms with van der Waals surface area (Å²) >= 11 is 0. The summed E-state index contributed by atoms with van der Waals surface area (Å²) in [6, 6.07) is 2.54. The Morgan fingerprint density at radius 1 is 1.36 bits per heavy atom. The first-order chi connectivity index (χ1) is 11.9. The first-order valence-corrected chi connectivity index (χ1v) is 8.54. The van der Waals surface area contributed by atoms with Crippen molar-refractivity contribution in [1.29, 1.82) is 0 Å². The van der Waals surface area contributed by atoms with Crippen molar-refractivity contribution in [1.82, 2.24) is 15.5 Å². The van der Waals surface area contributed by atoms with Gasteiger partial charge in [0.05, 0.1) is 0 Å². The monoisotopic (exact) mass is 347 g/mol. The molecular formula is C18H22FN3O3. The van der Waals surface area contributed by atoms with Crippen LogP contribution in [0, 0.1) is 12.7 Å². The molecule has 0 radical (unpaired) electrons. The lowest BCUT2D eigenvalue weighted by atomic mass is 9.93. The van der Waals surface area contributed by atoms with Gasteiger partial charge >= 0.3 is 6.03 Å². The van der Waals surface area contributed by atoms with Gasteiger partial charge in [-0.05, 0) is 36.5 Å². The topological polar surface area (TPSA) is 78.5 Å². The summed E-state index contributed by atoms with van der Waals surface area (Å²) in [4.78, 5) is 36.9. The molecule has 0 bridgehead atoms. The van der Waals surface area contributed by atoms with Crippen molar-refractivity contribution in [2.24, 2.45) is 0 Å². The third-order valence-corrected chi connectivity index (χ3v) is 4.96. The van der Waals surface area contributed by atoms with Crippen molar-refractivity contribution >= 4 is 17.8 Å². The summed E-state index contributed by atoms with van der Waals surface area (Å²) < 4.78 is 14.5. The lowest BCUT2D eigenvalue weighted by Crippen LogP contribution is -2.36. The second-order valence-electron chi connectivity index (χ2n) is 6.81. The number of hydrogen-bond donors (Lipinski definition) is 2. The lowest BCUT2D eigenvalue weighted by molar-refractivity contribution is -0.131. The number of carbonyl (C=O) groups is 3. The Kier molecular flexibility index (Phi) is 4.74. The molecule has 2 heterocycles. The number of carbonyl (C=O) groups excluding carboxylic acids is 3. The highest BCUT2D eigenvalue weighted by Gasteiger charge is 2.31. The van der Waals surface area contributed by atoms with Crippen LogP contribution in [0.2, 0.25) is 0 Å². The molecule has 4 amide bonds. The van der Waals surface area contributed by atoms with Gasteiger partial charge in [0.2, 0.25) is 5.91 Å². The van der Waals surface area contributed by atoms with Crippen molar-refractivity contribution < 1.29 is 18.8 Å². The SMILES string of the molecule is Cc1ccc2c(c1F)C(C)CN(C(=O)CCC1NC(=O)NC1=O)CC2. The van der Waals surface area contributed by atoms with Gasteiger partial charge in [0.1, 0.15) is 11.9 Å². The van der Waals surface area contributed by atoms with Crippen LogP contribution in [0.3, 0.4) is 0 Å². The number of nitrogens with zero attached hydrogens (tertiary/aromatic N) is 1. The molecule has 2 aliphatic heterocycles. The number of hydrogen-bond acceptors (Lipinski definition) is 3. The zero-order valence-corrected chi connectivity index (χ0v) is 14.4. The Hall–Kier alpha value is -2.44. The summed E-state index contributed by atoms with van der Waals surface area (Å²) in [5.41, 5.74) is 2.28. The molecule has 2 atom stereocenters. The van der Waals surface area contributed by atoms with Crippen LogP contribution in [0.25, 0.3) is 0 Å². The first-order valence-electron chi connectivity index (χ1n) is 8.54. The van der Waals surface area contributed by atoms with Gasteiger partial charge < -0.3 is 10.2 Å². The Bertz CT molecular complexity index is 735. The summed E-state index contributed by atoms with van der Waals surface area (Å²) in [5.74, 6) is -0.738. The van der Waals surface area contributed by atoms with E-state index in [9.17, 15) is 18.8 Å². The molecule has 6 nitrogen and oxygen atoms in total. The van der Waals surface area contributed by atoms with Gasteiger partial charge in [-0.2, -0.15) is 0 Å². The van der Waals surface area contributed by atoms with E-state index in [0.29, 0.717) is 30.6 Å². The molecule has 2 N–H and O–H groups in total. The van der Waals surface area contributed by atoms with E-state index >= 15 is 0 Å². The highest BCUT2D eigenvalue weighted by atomic mass is 19.1. The van der Waals surface area contributed by atoms with Gasteiger partial charge in [-0.15, -0.1) is 0 Å². The van der Waals surface area contributed by atoms with Crippen molar-refractivity contribution in [3.05, 3.63) is 34.6 Å². The maximum Gasteiger partial charge on any atom is 0.322 e. The standard InChI is InChI=1S/C18H22FN3O3/c1-10-3-4-12-7-8-22(9-11(2)15(12)16(10)19)14(23)6-5-13-17(24)21-18(25)20-13/h3-4,11,13H,5-9H2,1-2H3,(H2,20,21,24,25). The Morgan fingerprint density at radius 3 is 2.80 bits per heavy atom. The number of halogens is 1. The van der Waals surface area contributed by atoms with Crippen LogP contribution in [0.15, 0.2) is 12.1 Å². The third-order valence-electron chi connectivity index (χ3n) is 4.96. The smallest absolute Gasteiger partial charge is 0.322 e. The fraction of sp³-hybridized carbons (Fsp3) is 0.500. The second kappa shape index (κ2) is 6.82. The average Bonchev–Trinajstić information content (AvgIpc) is 2.78. The molecule has 0 aromatic heterocycles. The molecule has 0 saturated carbocycles. The molecule has 0 aliphatic carbocycles. The maximum absolute atomic E-state index is 14.5. The number of nitrogens with one attached hydrogen (secondary N) is 2. The fourth-order valence-corrected chi connectivity index (χ4v) is 3.58. The van der Waals surface area contributed by atoms with E-state index in [-0.39, 0.29) is 30.5 Å². The van der Waals surface area contributed by atoms with Crippen LogP contribution in [0.4, 0.5) is 9.18 Å². The van der Waals surface area contributed by atoms with Crippen LogP contribution in [0.5, 0.6) is 0 Å². The number of imide groups is 1. The van der Waals surface area contributed by atoms with Gasteiger partial charge in [-0.25, -0.2) is 9.18 Å². The van der Waals surface area contributed by atoms with E-state index < -0.39 is 18.0 Å². The number of benzene rings is 1. The summed E-state index contributed by atoms with van der Waals surface area (Å²) in [5, 5.41) is 4.65. The molecule has 0 spiro atoms. The number of urea groups is 1. The van der Waals surface area contributed by atoms with Crippen LogP contribution < -0.4 is 10.6 Å². The van der Waals surface area contributed by atoms with Crippen LogP contribution in [0.1, 0.15) is 42.4 Å². The minimum absolute atomic E-state index is 0.0780. The Labute approximate surface area is 145 Å². The predicted molar refractivity (Wildman–Crippen MR) is 89.5 cm³/mol. The van der Waals surface area contributed by atoms with E-state index in [0.717, 1.165) is 5.56 Å². The van der Waals surface area contributed by atoms with Crippen molar-refractivity contribution in [3.63, 3.8) is 0 Å². The molecule has 134 valence electrons. The van der Waals surface area contributed by atoms with E-state index in [1.165, 1.54) is 0 Å². The fourth-order valence-electron chi connectivity index (χ4n) is 3.58. The van der Waals surface area contributed by atoms with E-state index in [2.05, 4.69) is 10.6 Å². The van der Waals surface area contributed by atoms with Gasteiger partial charge in [0.25, 0.3) is 5.91 Å². The molecule has 7 heteroatoms. The number of amides is 4. The van der Waals surface area contributed by atoms with E-state index in [1.807, 2.05) is 13.0 Å². The van der Waals surface area contributed by atoms with Crippen molar-refractivity contribution in [3.8, 4) is 0 Å². The summed E-state index contributed by atoms with van der Waals surface area (Å²) in [6.07, 6.45) is 1.05. The van der Waals surface area contributed by atoms with Gasteiger partial charge in [0.15, 0.2) is 0 Å². The highest BCUT2D eigenvalue weighted by Crippen LogP contribution is 2.29. The quantitative estimate of drug-likeness (QED) is 0.816. The second-order valence-corrected chi connectivity index (χ2v) is 6.81. The van der Waals surface area contributed by atoms with Crippen molar-refractivity contribution in [2.75, 3.05) is 13.1 Å². The number of fused-ring (bicyclic) bond motifs is 1. The third kappa shape index (κ3) is 3.50. The molecule has 3 rings (SSSR count). The van der Waals surface area contributed by atoms with Gasteiger partial charge in [-0.1, -0.05) is 19.1 Å². The predicted octanol–water partition coefficient (Wildman–Crippen LogP) is 1.61. The molecule has 25 heavy (non-hydrogen) atoms. The molecule has 2 aliphatic rings. The largest absolute Gasteiger partial charge is 0.342 e. The summed E-state index contributed by atoms with van der Waals surface area (Å²) in [6.45, 7) is 4.66. The normalized spacial score (nSPS) is 22.9. The zero-order valence-electron chi connectivity index (χ0n) is 14.4. The molecule has 1 saturated heterocycles. The van der Waals surface area contributed by atoms with E-state index in [1.54, 1.807) is 17.9 Å².